The topological polar surface area (TPSA) is 37.4 Å². The van der Waals surface area contributed by atoms with Crippen molar-refractivity contribution in [2.75, 3.05) is 4.90 Å². The van der Waals surface area contributed by atoms with Crippen molar-refractivity contribution in [2.24, 2.45) is 0 Å². The third-order valence-corrected chi connectivity index (χ3v) is 3.48. The van der Waals surface area contributed by atoms with Crippen molar-refractivity contribution < 1.29 is 14.0 Å². The van der Waals surface area contributed by atoms with E-state index in [0.29, 0.717) is 29.7 Å². The normalized spacial score (nSPS) is 19.5. The molecule has 0 saturated heterocycles. The van der Waals surface area contributed by atoms with Crippen molar-refractivity contribution in [2.45, 2.75) is 25.7 Å². The first-order valence-corrected chi connectivity index (χ1v) is 6.05. The van der Waals surface area contributed by atoms with Gasteiger partial charge in [-0.15, -0.1) is 0 Å². The quantitative estimate of drug-likeness (QED) is 0.713. The first-order valence-electron chi connectivity index (χ1n) is 6.05. The summed E-state index contributed by atoms with van der Waals surface area (Å²) in [6.07, 6.45) is 3.26. The lowest BCUT2D eigenvalue weighted by Crippen LogP contribution is -2.31. The van der Waals surface area contributed by atoms with Gasteiger partial charge in [0.1, 0.15) is 5.82 Å². The lowest BCUT2D eigenvalue weighted by molar-refractivity contribution is -0.120. The third kappa shape index (κ3) is 1.56. The van der Waals surface area contributed by atoms with Crippen LogP contribution in [0.4, 0.5) is 10.1 Å². The maximum atomic E-state index is 12.9. The van der Waals surface area contributed by atoms with Crippen LogP contribution in [0, 0.1) is 5.82 Å². The van der Waals surface area contributed by atoms with E-state index < -0.39 is 0 Å². The van der Waals surface area contributed by atoms with Crippen LogP contribution < -0.4 is 4.90 Å². The van der Waals surface area contributed by atoms with Gasteiger partial charge in [-0.25, -0.2) is 9.29 Å². The Labute approximate surface area is 104 Å². The predicted molar refractivity (Wildman–Crippen MR) is 64.4 cm³/mol. The molecule has 18 heavy (non-hydrogen) atoms. The molecule has 1 heterocycles. The van der Waals surface area contributed by atoms with E-state index in [9.17, 15) is 14.0 Å². The van der Waals surface area contributed by atoms with Gasteiger partial charge < -0.3 is 0 Å². The van der Waals surface area contributed by atoms with Gasteiger partial charge in [0.2, 0.25) is 0 Å². The van der Waals surface area contributed by atoms with Crippen LogP contribution >= 0.6 is 0 Å². The molecular formula is C14H12FNO2. The fourth-order valence-corrected chi connectivity index (χ4v) is 2.56. The van der Waals surface area contributed by atoms with Crippen LogP contribution in [0.15, 0.2) is 35.4 Å². The Morgan fingerprint density at radius 1 is 0.889 bits per heavy atom. The summed E-state index contributed by atoms with van der Waals surface area (Å²) in [5, 5.41) is 0. The van der Waals surface area contributed by atoms with Gasteiger partial charge in [-0.3, -0.25) is 9.59 Å². The minimum Gasteiger partial charge on any atom is -0.269 e. The summed E-state index contributed by atoms with van der Waals surface area (Å²) in [6, 6.07) is 5.44. The second-order valence-corrected chi connectivity index (χ2v) is 4.59. The molecule has 1 aliphatic heterocycles. The van der Waals surface area contributed by atoms with Gasteiger partial charge in [0.25, 0.3) is 11.8 Å². The number of rotatable bonds is 1. The molecule has 1 aliphatic carbocycles. The fraction of sp³-hybridized carbons (Fsp3) is 0.286. The molecule has 1 aromatic rings. The molecule has 92 valence electrons. The van der Waals surface area contributed by atoms with E-state index >= 15 is 0 Å². The molecule has 0 bridgehead atoms. The average molecular weight is 245 g/mol. The van der Waals surface area contributed by atoms with E-state index in [2.05, 4.69) is 0 Å². The van der Waals surface area contributed by atoms with Gasteiger partial charge >= 0.3 is 0 Å². The summed E-state index contributed by atoms with van der Waals surface area (Å²) in [6.45, 7) is 0. The largest absolute Gasteiger partial charge is 0.269 e. The summed E-state index contributed by atoms with van der Waals surface area (Å²) in [7, 11) is 0. The van der Waals surface area contributed by atoms with Crippen molar-refractivity contribution in [1.82, 2.24) is 0 Å². The highest BCUT2D eigenvalue weighted by Crippen LogP contribution is 2.35. The van der Waals surface area contributed by atoms with Crippen LogP contribution in [-0.2, 0) is 9.59 Å². The zero-order chi connectivity index (χ0) is 12.7. The number of carbonyl (C=O) groups is 2. The number of halogens is 1. The molecule has 2 aliphatic rings. The number of carbonyl (C=O) groups excluding carboxylic acids is 2. The Hall–Kier alpha value is -1.97. The first-order chi connectivity index (χ1) is 8.68. The van der Waals surface area contributed by atoms with Crippen molar-refractivity contribution >= 4 is 17.5 Å². The highest BCUT2D eigenvalue weighted by molar-refractivity contribution is 6.33. The van der Waals surface area contributed by atoms with E-state index in [0.717, 1.165) is 17.7 Å². The number of hydrogen-bond donors (Lipinski definition) is 0. The second kappa shape index (κ2) is 4.05. The fourth-order valence-electron chi connectivity index (χ4n) is 2.56. The van der Waals surface area contributed by atoms with Gasteiger partial charge in [0.15, 0.2) is 0 Å². The monoisotopic (exact) mass is 245 g/mol. The molecule has 0 atom stereocenters. The number of nitrogens with zero attached hydrogens (tertiary/aromatic N) is 1. The summed E-state index contributed by atoms with van der Waals surface area (Å²) >= 11 is 0. The maximum Gasteiger partial charge on any atom is 0.261 e. The van der Waals surface area contributed by atoms with Crippen molar-refractivity contribution in [3.63, 3.8) is 0 Å². The molecule has 4 heteroatoms. The highest BCUT2D eigenvalue weighted by Gasteiger charge is 2.39. The summed E-state index contributed by atoms with van der Waals surface area (Å²) in [4.78, 5) is 25.5. The van der Waals surface area contributed by atoms with Crippen molar-refractivity contribution in [3.8, 4) is 0 Å². The van der Waals surface area contributed by atoms with Crippen LogP contribution in [0.5, 0.6) is 0 Å². The summed E-state index contributed by atoms with van der Waals surface area (Å²) < 4.78 is 12.9. The van der Waals surface area contributed by atoms with Gasteiger partial charge in [-0.05, 0) is 49.9 Å². The van der Waals surface area contributed by atoms with Crippen LogP contribution in [0.2, 0.25) is 0 Å². The lowest BCUT2D eigenvalue weighted by Gasteiger charge is -2.14. The molecule has 3 nitrogen and oxygen atoms in total. The first kappa shape index (κ1) is 11.1. The predicted octanol–water partition coefficient (Wildman–Crippen LogP) is 2.57. The number of hydrogen-bond acceptors (Lipinski definition) is 2. The zero-order valence-corrected chi connectivity index (χ0v) is 9.78. The SMILES string of the molecule is O=C1C2=C(CCCC2)C(=O)N1c1ccc(F)cc1. The Bertz CT molecular complexity index is 532. The molecule has 3 rings (SSSR count). The summed E-state index contributed by atoms with van der Waals surface area (Å²) in [5.41, 5.74) is 1.74. The van der Waals surface area contributed by atoms with Crippen LogP contribution in [0.25, 0.3) is 0 Å². The Kier molecular flexibility index (Phi) is 2.51. The number of imide groups is 1. The zero-order valence-electron chi connectivity index (χ0n) is 9.78. The number of amides is 2. The average Bonchev–Trinajstić information content (AvgIpc) is 2.64. The van der Waals surface area contributed by atoms with E-state index in [-0.39, 0.29) is 17.6 Å². The molecule has 0 N–H and O–H groups in total. The summed E-state index contributed by atoms with van der Waals surface area (Å²) in [5.74, 6) is -0.849. The standard InChI is InChI=1S/C14H12FNO2/c15-9-5-7-10(8-6-9)16-13(17)11-3-1-2-4-12(11)14(16)18/h5-8H,1-4H2. The van der Waals surface area contributed by atoms with E-state index in [1.807, 2.05) is 0 Å². The molecule has 2 amide bonds. The molecule has 0 unspecified atom stereocenters. The molecule has 0 spiro atoms. The lowest BCUT2D eigenvalue weighted by atomic mass is 9.93. The molecule has 0 radical (unpaired) electrons. The van der Waals surface area contributed by atoms with E-state index in [1.165, 1.54) is 24.3 Å². The highest BCUT2D eigenvalue weighted by atomic mass is 19.1. The third-order valence-electron chi connectivity index (χ3n) is 3.48. The van der Waals surface area contributed by atoms with Crippen molar-refractivity contribution in [3.05, 3.63) is 41.2 Å². The van der Waals surface area contributed by atoms with E-state index in [4.69, 9.17) is 0 Å². The molecule has 0 aromatic heterocycles. The minimum absolute atomic E-state index is 0.235. The Morgan fingerprint density at radius 2 is 1.39 bits per heavy atom. The number of benzene rings is 1. The van der Waals surface area contributed by atoms with Gasteiger partial charge in [-0.1, -0.05) is 0 Å². The van der Waals surface area contributed by atoms with Crippen LogP contribution in [0.1, 0.15) is 25.7 Å². The molecular weight excluding hydrogens is 233 g/mol. The number of anilines is 1. The molecule has 0 saturated carbocycles. The Balaban J connectivity index is 1.99. The molecule has 1 aromatic carbocycles. The second-order valence-electron chi connectivity index (χ2n) is 4.59. The minimum atomic E-state index is -0.379. The smallest absolute Gasteiger partial charge is 0.261 e. The van der Waals surface area contributed by atoms with Crippen LogP contribution in [-0.4, -0.2) is 11.8 Å². The van der Waals surface area contributed by atoms with E-state index in [1.54, 1.807) is 0 Å². The molecule has 0 fully saturated rings. The Morgan fingerprint density at radius 3 is 1.89 bits per heavy atom. The van der Waals surface area contributed by atoms with Crippen molar-refractivity contribution in [1.29, 1.82) is 0 Å². The van der Waals surface area contributed by atoms with Gasteiger partial charge in [-0.2, -0.15) is 0 Å². The van der Waals surface area contributed by atoms with Crippen LogP contribution in [0.3, 0.4) is 0 Å². The van der Waals surface area contributed by atoms with Gasteiger partial charge in [0, 0.05) is 11.1 Å². The van der Waals surface area contributed by atoms with Gasteiger partial charge in [0.05, 0.1) is 5.69 Å². The maximum absolute atomic E-state index is 12.9.